The van der Waals surface area contributed by atoms with E-state index in [2.05, 4.69) is 28.4 Å². The molecule has 0 saturated carbocycles. The first-order valence-corrected chi connectivity index (χ1v) is 10.1. The number of amides is 1. The van der Waals surface area contributed by atoms with Gasteiger partial charge in [-0.15, -0.1) is 10.2 Å². The summed E-state index contributed by atoms with van der Waals surface area (Å²) in [5.74, 6) is 1.97. The number of hydrogen-bond donors (Lipinski definition) is 0. The van der Waals surface area contributed by atoms with Crippen LogP contribution >= 0.6 is 11.3 Å². The van der Waals surface area contributed by atoms with Crippen molar-refractivity contribution in [1.29, 1.82) is 0 Å². The standard InChI is InChI=1S/C21H21N3O3S/c1-26-18-4-2-15(3-5-18)16-8-11-24(12-9-16)20(25)7-6-19-22-23-21(27-19)17-10-13-28-14-17/h2-5,8,10,13-14H,6-7,9,11-12H2,1H3. The van der Waals surface area contributed by atoms with Gasteiger partial charge in [0.15, 0.2) is 0 Å². The summed E-state index contributed by atoms with van der Waals surface area (Å²) in [5.41, 5.74) is 3.37. The highest BCUT2D eigenvalue weighted by atomic mass is 32.1. The average Bonchev–Trinajstić information content (AvgIpc) is 3.44. The summed E-state index contributed by atoms with van der Waals surface area (Å²) in [6, 6.07) is 9.98. The molecule has 0 radical (unpaired) electrons. The van der Waals surface area contributed by atoms with Gasteiger partial charge in [0.2, 0.25) is 17.7 Å². The summed E-state index contributed by atoms with van der Waals surface area (Å²) in [7, 11) is 1.66. The maximum absolute atomic E-state index is 12.5. The lowest BCUT2D eigenvalue weighted by Crippen LogP contribution is -2.34. The molecule has 0 fully saturated rings. The van der Waals surface area contributed by atoms with Crippen LogP contribution in [0.25, 0.3) is 17.0 Å². The number of carbonyl (C=O) groups is 1. The Labute approximate surface area is 167 Å². The van der Waals surface area contributed by atoms with Crippen LogP contribution in [-0.4, -0.2) is 41.2 Å². The molecule has 0 atom stereocenters. The summed E-state index contributed by atoms with van der Waals surface area (Å²) in [4.78, 5) is 14.4. The Balaban J connectivity index is 1.30. The minimum absolute atomic E-state index is 0.111. The zero-order valence-corrected chi connectivity index (χ0v) is 16.4. The molecule has 4 rings (SSSR count). The van der Waals surface area contributed by atoms with E-state index in [9.17, 15) is 4.79 Å². The van der Waals surface area contributed by atoms with E-state index in [4.69, 9.17) is 9.15 Å². The molecule has 0 unspecified atom stereocenters. The molecule has 1 amide bonds. The number of nitrogens with zero attached hydrogens (tertiary/aromatic N) is 3. The second-order valence-corrected chi connectivity index (χ2v) is 7.34. The highest BCUT2D eigenvalue weighted by Crippen LogP contribution is 2.25. The highest BCUT2D eigenvalue weighted by molar-refractivity contribution is 7.08. The van der Waals surface area contributed by atoms with Crippen LogP contribution < -0.4 is 4.74 Å². The molecule has 1 aromatic carbocycles. The lowest BCUT2D eigenvalue weighted by atomic mass is 9.99. The monoisotopic (exact) mass is 395 g/mol. The van der Waals surface area contributed by atoms with Crippen molar-refractivity contribution in [2.75, 3.05) is 20.2 Å². The molecule has 0 N–H and O–H groups in total. The molecule has 1 aliphatic rings. The number of benzene rings is 1. The Hall–Kier alpha value is -2.93. The summed E-state index contributed by atoms with van der Waals surface area (Å²) in [6.07, 6.45) is 3.81. The number of hydrogen-bond acceptors (Lipinski definition) is 6. The zero-order chi connectivity index (χ0) is 19.3. The van der Waals surface area contributed by atoms with Crippen LogP contribution in [0.15, 0.2) is 51.6 Å². The van der Waals surface area contributed by atoms with Crippen LogP contribution in [0.1, 0.15) is 24.3 Å². The van der Waals surface area contributed by atoms with Crippen LogP contribution in [-0.2, 0) is 11.2 Å². The predicted molar refractivity (Wildman–Crippen MR) is 108 cm³/mol. The predicted octanol–water partition coefficient (Wildman–Crippen LogP) is 4.06. The Morgan fingerprint density at radius 3 is 2.75 bits per heavy atom. The van der Waals surface area contributed by atoms with Gasteiger partial charge in [-0.2, -0.15) is 11.3 Å². The number of aromatic nitrogens is 2. The molecule has 0 aliphatic carbocycles. The maximum Gasteiger partial charge on any atom is 0.248 e. The fourth-order valence-electron chi connectivity index (χ4n) is 3.19. The first-order chi connectivity index (χ1) is 13.7. The number of ether oxygens (including phenoxy) is 1. The van der Waals surface area contributed by atoms with Gasteiger partial charge in [-0.25, -0.2) is 0 Å². The Morgan fingerprint density at radius 1 is 1.21 bits per heavy atom. The molecule has 0 spiro atoms. The molecule has 0 bridgehead atoms. The molecule has 2 aromatic heterocycles. The fraction of sp³-hybridized carbons (Fsp3) is 0.286. The van der Waals surface area contributed by atoms with Crippen molar-refractivity contribution in [3.63, 3.8) is 0 Å². The zero-order valence-electron chi connectivity index (χ0n) is 15.6. The van der Waals surface area contributed by atoms with Gasteiger partial charge in [0, 0.05) is 36.9 Å². The lowest BCUT2D eigenvalue weighted by Gasteiger charge is -2.26. The second kappa shape index (κ2) is 8.39. The van der Waals surface area contributed by atoms with Crippen molar-refractivity contribution < 1.29 is 13.9 Å². The summed E-state index contributed by atoms with van der Waals surface area (Å²) < 4.78 is 10.9. The van der Waals surface area contributed by atoms with E-state index < -0.39 is 0 Å². The normalized spacial score (nSPS) is 14.0. The summed E-state index contributed by atoms with van der Waals surface area (Å²) in [6.45, 7) is 1.35. The third-order valence-corrected chi connectivity index (χ3v) is 5.49. The van der Waals surface area contributed by atoms with Crippen LogP contribution in [0, 0.1) is 0 Å². The van der Waals surface area contributed by atoms with E-state index in [0.29, 0.717) is 31.2 Å². The highest BCUT2D eigenvalue weighted by Gasteiger charge is 2.19. The number of aryl methyl sites for hydroxylation is 1. The van der Waals surface area contributed by atoms with Gasteiger partial charge in [-0.1, -0.05) is 18.2 Å². The van der Waals surface area contributed by atoms with Crippen molar-refractivity contribution >= 4 is 22.8 Å². The van der Waals surface area contributed by atoms with Crippen LogP contribution in [0.5, 0.6) is 5.75 Å². The molecular formula is C21H21N3O3S. The van der Waals surface area contributed by atoms with Crippen molar-refractivity contribution in [2.45, 2.75) is 19.3 Å². The molecule has 3 heterocycles. The van der Waals surface area contributed by atoms with Gasteiger partial charge in [0.25, 0.3) is 0 Å². The first-order valence-electron chi connectivity index (χ1n) is 9.19. The third kappa shape index (κ3) is 4.14. The fourth-order valence-corrected chi connectivity index (χ4v) is 3.82. The Bertz CT molecular complexity index is 961. The van der Waals surface area contributed by atoms with E-state index in [1.807, 2.05) is 33.9 Å². The number of methoxy groups -OCH3 is 1. The number of carbonyl (C=O) groups excluding carboxylic acids is 1. The van der Waals surface area contributed by atoms with Gasteiger partial charge in [0.05, 0.1) is 7.11 Å². The van der Waals surface area contributed by atoms with Crippen LogP contribution in [0.3, 0.4) is 0 Å². The molecule has 1 aliphatic heterocycles. The Morgan fingerprint density at radius 2 is 2.07 bits per heavy atom. The summed E-state index contributed by atoms with van der Waals surface area (Å²) in [5, 5.41) is 12.0. The van der Waals surface area contributed by atoms with Gasteiger partial charge < -0.3 is 14.1 Å². The molecule has 3 aromatic rings. The van der Waals surface area contributed by atoms with E-state index >= 15 is 0 Å². The minimum Gasteiger partial charge on any atom is -0.497 e. The van der Waals surface area contributed by atoms with E-state index in [1.54, 1.807) is 18.4 Å². The Kier molecular flexibility index (Phi) is 5.53. The van der Waals surface area contributed by atoms with E-state index in [-0.39, 0.29) is 5.91 Å². The number of thiophene rings is 1. The summed E-state index contributed by atoms with van der Waals surface area (Å²) >= 11 is 1.58. The topological polar surface area (TPSA) is 68.5 Å². The van der Waals surface area contributed by atoms with Gasteiger partial charge in [-0.3, -0.25) is 4.79 Å². The van der Waals surface area contributed by atoms with E-state index in [1.165, 1.54) is 11.1 Å². The van der Waals surface area contributed by atoms with Crippen LogP contribution in [0.2, 0.25) is 0 Å². The largest absolute Gasteiger partial charge is 0.497 e. The molecule has 6 nitrogen and oxygen atoms in total. The van der Waals surface area contributed by atoms with Crippen molar-refractivity contribution in [3.05, 3.63) is 58.6 Å². The first kappa shape index (κ1) is 18.4. The number of rotatable bonds is 6. The minimum atomic E-state index is 0.111. The van der Waals surface area contributed by atoms with Gasteiger partial charge in [-0.05, 0) is 41.1 Å². The average molecular weight is 395 g/mol. The second-order valence-electron chi connectivity index (χ2n) is 6.56. The third-order valence-electron chi connectivity index (χ3n) is 4.81. The molecular weight excluding hydrogens is 374 g/mol. The molecule has 144 valence electrons. The van der Waals surface area contributed by atoms with Crippen molar-refractivity contribution in [1.82, 2.24) is 15.1 Å². The van der Waals surface area contributed by atoms with Crippen molar-refractivity contribution in [2.24, 2.45) is 0 Å². The smallest absolute Gasteiger partial charge is 0.248 e. The quantitative estimate of drug-likeness (QED) is 0.630. The van der Waals surface area contributed by atoms with Crippen LogP contribution in [0.4, 0.5) is 0 Å². The maximum atomic E-state index is 12.5. The van der Waals surface area contributed by atoms with Crippen molar-refractivity contribution in [3.8, 4) is 17.2 Å². The van der Waals surface area contributed by atoms with Gasteiger partial charge >= 0.3 is 0 Å². The molecule has 0 saturated heterocycles. The van der Waals surface area contributed by atoms with Gasteiger partial charge in [0.1, 0.15) is 5.75 Å². The molecule has 7 heteroatoms. The SMILES string of the molecule is COc1ccc(C2=CCN(C(=O)CCc3nnc(-c4ccsc4)o3)CC2)cc1. The van der Waals surface area contributed by atoms with E-state index in [0.717, 1.165) is 24.3 Å². The molecule has 28 heavy (non-hydrogen) atoms. The lowest BCUT2D eigenvalue weighted by molar-refractivity contribution is -0.130.